The van der Waals surface area contributed by atoms with Gasteiger partial charge in [-0.3, -0.25) is 0 Å². The Hall–Kier alpha value is -0.640. The van der Waals surface area contributed by atoms with Crippen molar-refractivity contribution < 1.29 is 9.13 Å². The van der Waals surface area contributed by atoms with Gasteiger partial charge in [0.2, 0.25) is 0 Å². The maximum absolute atomic E-state index is 13.3. The maximum atomic E-state index is 13.3. The van der Waals surface area contributed by atoms with Crippen molar-refractivity contribution >= 4 is 11.6 Å². The summed E-state index contributed by atoms with van der Waals surface area (Å²) < 4.78 is 18.6. The predicted octanol–water partition coefficient (Wildman–Crippen LogP) is 3.39. The van der Waals surface area contributed by atoms with E-state index in [1.807, 2.05) is 6.07 Å². The minimum absolute atomic E-state index is 0.176. The van der Waals surface area contributed by atoms with Gasteiger partial charge in [-0.05, 0) is 36.0 Å². The average molecular weight is 272 g/mol. The van der Waals surface area contributed by atoms with Gasteiger partial charge in [-0.25, -0.2) is 4.39 Å². The molecule has 2 nitrogen and oxygen atoms in total. The van der Waals surface area contributed by atoms with E-state index >= 15 is 0 Å². The number of halogens is 2. The van der Waals surface area contributed by atoms with E-state index < -0.39 is 0 Å². The third-order valence-corrected chi connectivity index (χ3v) is 3.87. The normalized spacial score (nSPS) is 18.8. The first-order valence-corrected chi connectivity index (χ1v) is 6.69. The Morgan fingerprint density at radius 1 is 1.39 bits per heavy atom. The molecule has 18 heavy (non-hydrogen) atoms. The molecule has 0 unspecified atom stereocenters. The minimum Gasteiger partial charge on any atom is -0.381 e. The van der Waals surface area contributed by atoms with E-state index in [2.05, 4.69) is 12.2 Å². The molecule has 0 amide bonds. The van der Waals surface area contributed by atoms with E-state index in [0.717, 1.165) is 38.2 Å². The predicted molar refractivity (Wildman–Crippen MR) is 71.3 cm³/mol. The molecule has 0 radical (unpaired) electrons. The highest BCUT2D eigenvalue weighted by atomic mass is 35.5. The van der Waals surface area contributed by atoms with Gasteiger partial charge < -0.3 is 10.1 Å². The molecule has 1 saturated heterocycles. The Kier molecular flexibility index (Phi) is 4.60. The summed E-state index contributed by atoms with van der Waals surface area (Å²) in [6, 6.07) is 4.94. The van der Waals surface area contributed by atoms with Crippen LogP contribution in [0.1, 0.15) is 25.3 Å². The number of hydrogen-bond donors (Lipinski definition) is 1. The first kappa shape index (κ1) is 13.8. The molecule has 1 aliphatic heterocycles. The van der Waals surface area contributed by atoms with E-state index in [1.165, 1.54) is 6.07 Å². The van der Waals surface area contributed by atoms with E-state index in [0.29, 0.717) is 12.0 Å². The molecule has 1 aromatic rings. The SMILES string of the molecule is CC1(CNCc2ccc(Cl)c(F)c2)CCOCC1. The first-order valence-electron chi connectivity index (χ1n) is 6.31. The quantitative estimate of drug-likeness (QED) is 0.906. The lowest BCUT2D eigenvalue weighted by Gasteiger charge is -2.33. The largest absolute Gasteiger partial charge is 0.381 e. The molecule has 1 aliphatic rings. The van der Waals surface area contributed by atoms with Crippen molar-refractivity contribution in [2.45, 2.75) is 26.3 Å². The van der Waals surface area contributed by atoms with Crippen molar-refractivity contribution in [3.8, 4) is 0 Å². The van der Waals surface area contributed by atoms with Crippen LogP contribution in [0.15, 0.2) is 18.2 Å². The standard InChI is InChI=1S/C14H19ClFNO/c1-14(4-6-18-7-5-14)10-17-9-11-2-3-12(15)13(16)8-11/h2-3,8,17H,4-7,9-10H2,1H3. The third-order valence-electron chi connectivity index (χ3n) is 3.56. The molecule has 0 aliphatic carbocycles. The number of rotatable bonds is 4. The Balaban J connectivity index is 1.82. The Morgan fingerprint density at radius 3 is 2.78 bits per heavy atom. The summed E-state index contributed by atoms with van der Waals surface area (Å²) >= 11 is 5.65. The van der Waals surface area contributed by atoms with Crippen LogP contribution in [0.5, 0.6) is 0 Å². The average Bonchev–Trinajstić information content (AvgIpc) is 2.34. The van der Waals surface area contributed by atoms with Gasteiger partial charge in [0, 0.05) is 26.3 Å². The Morgan fingerprint density at radius 2 is 2.11 bits per heavy atom. The fourth-order valence-electron chi connectivity index (χ4n) is 2.20. The minimum atomic E-state index is -0.353. The van der Waals surface area contributed by atoms with Crippen molar-refractivity contribution in [2.24, 2.45) is 5.41 Å². The molecule has 2 rings (SSSR count). The van der Waals surface area contributed by atoms with Crippen LogP contribution in [0.4, 0.5) is 4.39 Å². The fourth-order valence-corrected chi connectivity index (χ4v) is 2.32. The molecule has 100 valence electrons. The fraction of sp³-hybridized carbons (Fsp3) is 0.571. The summed E-state index contributed by atoms with van der Waals surface area (Å²) in [5.74, 6) is -0.353. The van der Waals surface area contributed by atoms with Gasteiger partial charge in [-0.1, -0.05) is 24.6 Å². The molecule has 1 fully saturated rings. The zero-order chi connectivity index (χ0) is 13.0. The molecule has 1 aromatic carbocycles. The van der Waals surface area contributed by atoms with Gasteiger partial charge in [0.25, 0.3) is 0 Å². The monoisotopic (exact) mass is 271 g/mol. The van der Waals surface area contributed by atoms with Gasteiger partial charge in [0.05, 0.1) is 5.02 Å². The molecule has 1 heterocycles. The molecule has 0 bridgehead atoms. The second kappa shape index (κ2) is 6.00. The van der Waals surface area contributed by atoms with Crippen LogP contribution in [-0.2, 0) is 11.3 Å². The summed E-state index contributed by atoms with van der Waals surface area (Å²) in [6.45, 7) is 5.55. The molecule has 1 N–H and O–H groups in total. The lowest BCUT2D eigenvalue weighted by Crippen LogP contribution is -2.36. The Bertz CT molecular complexity index is 405. The van der Waals surface area contributed by atoms with E-state index in [1.54, 1.807) is 6.07 Å². The second-order valence-electron chi connectivity index (χ2n) is 5.28. The van der Waals surface area contributed by atoms with Gasteiger partial charge in [-0.15, -0.1) is 0 Å². The van der Waals surface area contributed by atoms with Crippen LogP contribution >= 0.6 is 11.6 Å². The number of nitrogens with one attached hydrogen (secondary N) is 1. The van der Waals surface area contributed by atoms with Gasteiger partial charge in [0.1, 0.15) is 5.82 Å². The zero-order valence-corrected chi connectivity index (χ0v) is 11.4. The van der Waals surface area contributed by atoms with Crippen LogP contribution < -0.4 is 5.32 Å². The van der Waals surface area contributed by atoms with E-state index in [4.69, 9.17) is 16.3 Å². The molecule has 0 aromatic heterocycles. The molecular weight excluding hydrogens is 253 g/mol. The number of hydrogen-bond acceptors (Lipinski definition) is 2. The first-order chi connectivity index (χ1) is 8.59. The van der Waals surface area contributed by atoms with Gasteiger partial charge >= 0.3 is 0 Å². The van der Waals surface area contributed by atoms with Crippen LogP contribution in [-0.4, -0.2) is 19.8 Å². The number of ether oxygens (including phenoxy) is 1. The zero-order valence-electron chi connectivity index (χ0n) is 10.6. The van der Waals surface area contributed by atoms with Crippen LogP contribution in [0.3, 0.4) is 0 Å². The lowest BCUT2D eigenvalue weighted by molar-refractivity contribution is 0.0240. The summed E-state index contributed by atoms with van der Waals surface area (Å²) in [5, 5.41) is 3.57. The summed E-state index contributed by atoms with van der Waals surface area (Å²) in [4.78, 5) is 0. The molecule has 0 saturated carbocycles. The Labute approximate surface area is 112 Å². The summed E-state index contributed by atoms with van der Waals surface area (Å²) in [5.41, 5.74) is 1.22. The second-order valence-corrected chi connectivity index (χ2v) is 5.68. The van der Waals surface area contributed by atoms with E-state index in [9.17, 15) is 4.39 Å². The van der Waals surface area contributed by atoms with Crippen molar-refractivity contribution in [3.05, 3.63) is 34.6 Å². The topological polar surface area (TPSA) is 21.3 Å². The van der Waals surface area contributed by atoms with Crippen LogP contribution in [0, 0.1) is 11.2 Å². The summed E-state index contributed by atoms with van der Waals surface area (Å²) in [7, 11) is 0. The van der Waals surface area contributed by atoms with Crippen molar-refractivity contribution in [1.29, 1.82) is 0 Å². The highest BCUT2D eigenvalue weighted by Crippen LogP contribution is 2.28. The molecule has 0 spiro atoms. The number of benzene rings is 1. The van der Waals surface area contributed by atoms with Crippen molar-refractivity contribution in [3.63, 3.8) is 0 Å². The molecular formula is C14H19ClFNO. The van der Waals surface area contributed by atoms with Crippen molar-refractivity contribution in [2.75, 3.05) is 19.8 Å². The maximum Gasteiger partial charge on any atom is 0.142 e. The van der Waals surface area contributed by atoms with Gasteiger partial charge in [-0.2, -0.15) is 0 Å². The summed E-state index contributed by atoms with van der Waals surface area (Å²) in [6.07, 6.45) is 2.16. The molecule has 4 heteroatoms. The molecule has 0 atom stereocenters. The lowest BCUT2D eigenvalue weighted by atomic mass is 9.82. The van der Waals surface area contributed by atoms with Crippen LogP contribution in [0.2, 0.25) is 5.02 Å². The van der Waals surface area contributed by atoms with Gasteiger partial charge in [0.15, 0.2) is 0 Å². The van der Waals surface area contributed by atoms with Crippen molar-refractivity contribution in [1.82, 2.24) is 5.32 Å². The highest BCUT2D eigenvalue weighted by molar-refractivity contribution is 6.30. The van der Waals surface area contributed by atoms with E-state index in [-0.39, 0.29) is 10.8 Å². The third kappa shape index (κ3) is 3.67. The van der Waals surface area contributed by atoms with Crippen LogP contribution in [0.25, 0.3) is 0 Å². The smallest absolute Gasteiger partial charge is 0.142 e. The highest BCUT2D eigenvalue weighted by Gasteiger charge is 2.26.